The lowest BCUT2D eigenvalue weighted by Crippen LogP contribution is -2.45. The zero-order valence-corrected chi connectivity index (χ0v) is 14.4. The lowest BCUT2D eigenvalue weighted by atomic mass is 10.2. The van der Waals surface area contributed by atoms with Gasteiger partial charge in [0.15, 0.2) is 0 Å². The van der Waals surface area contributed by atoms with Crippen molar-refractivity contribution in [3.63, 3.8) is 0 Å². The second-order valence-electron chi connectivity index (χ2n) is 4.12. The SMILES string of the molecule is O=[N+]([O-])C(Br)=Cc1ccccc1.O=[N+]([O-])C1(Br)COCOC1. The van der Waals surface area contributed by atoms with Crippen LogP contribution >= 0.6 is 31.9 Å². The van der Waals surface area contributed by atoms with Crippen molar-refractivity contribution in [1.29, 1.82) is 0 Å². The molecule has 1 fully saturated rings. The maximum Gasteiger partial charge on any atom is 0.320 e. The van der Waals surface area contributed by atoms with Crippen molar-refractivity contribution in [3.8, 4) is 0 Å². The van der Waals surface area contributed by atoms with Crippen LogP contribution in [0.1, 0.15) is 5.56 Å². The molecule has 0 N–H and O–H groups in total. The van der Waals surface area contributed by atoms with E-state index in [0.29, 0.717) is 0 Å². The van der Waals surface area contributed by atoms with Crippen molar-refractivity contribution in [2.45, 2.75) is 4.45 Å². The van der Waals surface area contributed by atoms with E-state index in [2.05, 4.69) is 31.9 Å². The number of nitro groups is 2. The van der Waals surface area contributed by atoms with Crippen LogP contribution in [0.4, 0.5) is 0 Å². The zero-order valence-electron chi connectivity index (χ0n) is 11.2. The van der Waals surface area contributed by atoms with E-state index in [9.17, 15) is 20.2 Å². The van der Waals surface area contributed by atoms with Crippen molar-refractivity contribution in [2.75, 3.05) is 20.0 Å². The molecular weight excluding hydrogens is 428 g/mol. The average molecular weight is 440 g/mol. The second-order valence-corrected chi connectivity index (χ2v) is 6.41. The number of nitrogens with zero attached hydrogens (tertiary/aromatic N) is 2. The molecule has 1 saturated heterocycles. The Kier molecular flexibility index (Phi) is 7.59. The lowest BCUT2D eigenvalue weighted by Gasteiger charge is -2.23. The highest BCUT2D eigenvalue weighted by Crippen LogP contribution is 2.22. The van der Waals surface area contributed by atoms with Gasteiger partial charge in [0.25, 0.3) is 0 Å². The van der Waals surface area contributed by atoms with E-state index < -0.39 is 14.3 Å². The molecule has 1 aliphatic rings. The van der Waals surface area contributed by atoms with Crippen LogP contribution in [-0.4, -0.2) is 34.3 Å². The van der Waals surface area contributed by atoms with Crippen LogP contribution in [-0.2, 0) is 9.47 Å². The van der Waals surface area contributed by atoms with Gasteiger partial charge < -0.3 is 9.47 Å². The van der Waals surface area contributed by atoms with Crippen molar-refractivity contribution in [2.24, 2.45) is 0 Å². The summed E-state index contributed by atoms with van der Waals surface area (Å²) in [4.78, 5) is 19.5. The lowest BCUT2D eigenvalue weighted by molar-refractivity contribution is -0.552. The van der Waals surface area contributed by atoms with Gasteiger partial charge in [0.05, 0.1) is 4.92 Å². The highest BCUT2D eigenvalue weighted by atomic mass is 79.9. The van der Waals surface area contributed by atoms with Crippen LogP contribution in [0.15, 0.2) is 34.9 Å². The van der Waals surface area contributed by atoms with E-state index in [4.69, 9.17) is 9.47 Å². The first-order chi connectivity index (χ1) is 10.3. The Bertz CT molecular complexity index is 546. The van der Waals surface area contributed by atoms with Gasteiger partial charge in [-0.05, 0) is 5.56 Å². The van der Waals surface area contributed by atoms with E-state index in [0.717, 1.165) is 5.56 Å². The maximum absolute atomic E-state index is 10.3. The standard InChI is InChI=1S/C8H6BrNO2.C4H6BrNO4/c9-8(10(11)12)6-7-4-2-1-3-5-7;5-4(6(7)8)1-9-3-10-2-4/h1-6H;1-3H2. The van der Waals surface area contributed by atoms with E-state index >= 15 is 0 Å². The van der Waals surface area contributed by atoms with E-state index in [-0.39, 0.29) is 24.6 Å². The first-order valence-electron chi connectivity index (χ1n) is 5.91. The highest BCUT2D eigenvalue weighted by Gasteiger charge is 2.43. The molecule has 1 heterocycles. The number of ether oxygens (including phenoxy) is 2. The first-order valence-corrected chi connectivity index (χ1v) is 7.49. The molecule has 0 atom stereocenters. The molecule has 120 valence electrons. The fourth-order valence-corrected chi connectivity index (χ4v) is 1.93. The predicted octanol–water partition coefficient (Wildman–Crippen LogP) is 3.02. The Hall–Kier alpha value is -1.36. The monoisotopic (exact) mass is 438 g/mol. The quantitative estimate of drug-likeness (QED) is 0.310. The van der Waals surface area contributed by atoms with Crippen LogP contribution in [0, 0.1) is 20.2 Å². The number of hydrogen-bond donors (Lipinski definition) is 0. The molecule has 8 nitrogen and oxygen atoms in total. The Morgan fingerprint density at radius 1 is 1.18 bits per heavy atom. The smallest absolute Gasteiger partial charge is 0.320 e. The van der Waals surface area contributed by atoms with Gasteiger partial charge in [-0.3, -0.25) is 20.2 Å². The van der Waals surface area contributed by atoms with Gasteiger partial charge in [-0.1, -0.05) is 30.3 Å². The van der Waals surface area contributed by atoms with Crippen molar-refractivity contribution >= 4 is 37.9 Å². The van der Waals surface area contributed by atoms with E-state index in [1.54, 1.807) is 12.1 Å². The summed E-state index contributed by atoms with van der Waals surface area (Å²) in [7, 11) is 0. The van der Waals surface area contributed by atoms with Gasteiger partial charge in [0, 0.05) is 42.9 Å². The molecule has 0 aliphatic carbocycles. The van der Waals surface area contributed by atoms with Gasteiger partial charge in [-0.25, -0.2) is 0 Å². The minimum Gasteiger partial charge on any atom is -0.347 e. The van der Waals surface area contributed by atoms with Gasteiger partial charge in [0.1, 0.15) is 20.0 Å². The fourth-order valence-electron chi connectivity index (χ4n) is 1.34. The third-order valence-corrected chi connectivity index (χ3v) is 3.67. The number of benzene rings is 1. The Morgan fingerprint density at radius 3 is 2.14 bits per heavy atom. The third kappa shape index (κ3) is 6.18. The summed E-state index contributed by atoms with van der Waals surface area (Å²) in [6.45, 7) is 0.251. The summed E-state index contributed by atoms with van der Waals surface area (Å²) in [6.07, 6.45) is 1.46. The molecule has 0 bridgehead atoms. The van der Waals surface area contributed by atoms with Crippen LogP contribution in [0.25, 0.3) is 6.08 Å². The Morgan fingerprint density at radius 2 is 1.73 bits per heavy atom. The summed E-state index contributed by atoms with van der Waals surface area (Å²) in [5.41, 5.74) is 0.807. The summed E-state index contributed by atoms with van der Waals surface area (Å²) in [5.74, 6) is 0. The summed E-state index contributed by atoms with van der Waals surface area (Å²) >= 11 is 5.75. The normalized spacial score (nSPS) is 17.1. The van der Waals surface area contributed by atoms with Crippen molar-refractivity contribution in [1.82, 2.24) is 0 Å². The molecule has 0 amide bonds. The largest absolute Gasteiger partial charge is 0.347 e. The molecule has 0 saturated carbocycles. The Balaban J connectivity index is 0.000000224. The van der Waals surface area contributed by atoms with Crippen LogP contribution < -0.4 is 0 Å². The third-order valence-electron chi connectivity index (χ3n) is 2.40. The second kappa shape index (κ2) is 8.93. The molecule has 0 spiro atoms. The topological polar surface area (TPSA) is 105 Å². The maximum atomic E-state index is 10.3. The minimum atomic E-state index is -1.23. The molecule has 1 aromatic rings. The van der Waals surface area contributed by atoms with Gasteiger partial charge in [-0.15, -0.1) is 0 Å². The van der Waals surface area contributed by atoms with Crippen molar-refractivity contribution < 1.29 is 19.3 Å². The highest BCUT2D eigenvalue weighted by molar-refractivity contribution is 9.11. The average Bonchev–Trinajstić information content (AvgIpc) is 2.49. The van der Waals surface area contributed by atoms with Crippen LogP contribution in [0.5, 0.6) is 0 Å². The van der Waals surface area contributed by atoms with Gasteiger partial charge >= 0.3 is 9.05 Å². The van der Waals surface area contributed by atoms with Crippen molar-refractivity contribution in [3.05, 3.63) is 60.7 Å². The first kappa shape index (κ1) is 18.7. The van der Waals surface area contributed by atoms with Gasteiger partial charge in [-0.2, -0.15) is 0 Å². The number of halogens is 2. The summed E-state index contributed by atoms with van der Waals surface area (Å²) in [5, 5.41) is 20.5. The summed E-state index contributed by atoms with van der Waals surface area (Å²) < 4.78 is 8.21. The number of hydrogen-bond acceptors (Lipinski definition) is 6. The molecule has 22 heavy (non-hydrogen) atoms. The molecule has 1 aromatic carbocycles. The fraction of sp³-hybridized carbons (Fsp3) is 0.333. The molecular formula is C12H12Br2N2O6. The number of alkyl halides is 1. The molecule has 0 radical (unpaired) electrons. The molecule has 0 aromatic heterocycles. The minimum absolute atomic E-state index is 0.0336. The van der Waals surface area contributed by atoms with E-state index in [1.165, 1.54) is 6.08 Å². The van der Waals surface area contributed by atoms with Crippen LogP contribution in [0.3, 0.4) is 0 Å². The van der Waals surface area contributed by atoms with Crippen LogP contribution in [0.2, 0.25) is 0 Å². The zero-order chi connectivity index (χ0) is 16.6. The predicted molar refractivity (Wildman–Crippen MR) is 85.8 cm³/mol. The molecule has 0 unspecified atom stereocenters. The number of rotatable bonds is 3. The van der Waals surface area contributed by atoms with E-state index in [1.807, 2.05) is 18.2 Å². The Labute approximate surface area is 142 Å². The molecule has 1 aliphatic heterocycles. The van der Waals surface area contributed by atoms with Gasteiger partial charge in [0.2, 0.25) is 0 Å². The molecule has 10 heteroatoms. The molecule has 2 rings (SSSR count). The summed E-state index contributed by atoms with van der Waals surface area (Å²) in [6, 6.07) is 9.10.